The minimum Gasteiger partial charge on any atom is -0.469 e. The summed E-state index contributed by atoms with van der Waals surface area (Å²) in [5.74, 6) is -5.27. The van der Waals surface area contributed by atoms with Gasteiger partial charge in [-0.3, -0.25) is 19.2 Å². The standard InChI is InChI=1S/C18H22N2O8/c1-26-14(22)9-12(17(24)27-2)15(18(25)28-3)20-13(21)10-19-16(23)11-7-5-4-6-8-11/h4-8,12,15H,9-10H2,1-3H3,(H,19,23)(H,20,21)/t12-,15+/m0/s1. The molecule has 1 aromatic carbocycles. The van der Waals surface area contributed by atoms with Gasteiger partial charge in [0.1, 0.15) is 6.04 Å². The van der Waals surface area contributed by atoms with Crippen LogP contribution in [0.5, 0.6) is 0 Å². The van der Waals surface area contributed by atoms with Crippen LogP contribution >= 0.6 is 0 Å². The van der Waals surface area contributed by atoms with Crippen LogP contribution in [0, 0.1) is 5.92 Å². The molecule has 2 amide bonds. The molecule has 1 rings (SSSR count). The Kier molecular flexibility index (Phi) is 9.14. The Bertz CT molecular complexity index is 720. The zero-order valence-electron chi connectivity index (χ0n) is 15.7. The monoisotopic (exact) mass is 394 g/mol. The first-order chi connectivity index (χ1) is 13.3. The maximum Gasteiger partial charge on any atom is 0.329 e. The fourth-order valence-electron chi connectivity index (χ4n) is 2.28. The van der Waals surface area contributed by atoms with E-state index in [9.17, 15) is 24.0 Å². The van der Waals surface area contributed by atoms with Gasteiger partial charge in [-0.05, 0) is 12.1 Å². The van der Waals surface area contributed by atoms with Gasteiger partial charge in [0, 0.05) is 5.56 Å². The molecule has 10 heteroatoms. The summed E-state index contributed by atoms with van der Waals surface area (Å²) < 4.78 is 13.7. The number of ether oxygens (including phenoxy) is 3. The molecule has 2 atom stereocenters. The molecule has 0 aliphatic rings. The van der Waals surface area contributed by atoms with Gasteiger partial charge >= 0.3 is 17.9 Å². The van der Waals surface area contributed by atoms with Gasteiger partial charge in [-0.2, -0.15) is 0 Å². The number of nitrogens with one attached hydrogen (secondary N) is 2. The summed E-state index contributed by atoms with van der Waals surface area (Å²) in [6.07, 6.45) is -0.514. The Morgan fingerprint density at radius 2 is 1.50 bits per heavy atom. The van der Waals surface area contributed by atoms with Gasteiger partial charge in [0.25, 0.3) is 5.91 Å². The lowest BCUT2D eigenvalue weighted by molar-refractivity contribution is -0.159. The highest BCUT2D eigenvalue weighted by Crippen LogP contribution is 2.14. The fraction of sp³-hybridized carbons (Fsp3) is 0.389. The van der Waals surface area contributed by atoms with E-state index in [0.717, 1.165) is 21.3 Å². The zero-order valence-corrected chi connectivity index (χ0v) is 15.7. The molecule has 0 heterocycles. The number of amides is 2. The Labute approximate surface area is 161 Å². The summed E-state index contributed by atoms with van der Waals surface area (Å²) in [4.78, 5) is 59.8. The Balaban J connectivity index is 2.84. The number of rotatable bonds is 9. The first-order valence-electron chi connectivity index (χ1n) is 8.19. The third kappa shape index (κ3) is 6.71. The maximum atomic E-state index is 12.2. The minimum absolute atomic E-state index is 0.345. The van der Waals surface area contributed by atoms with E-state index in [1.54, 1.807) is 30.3 Å². The van der Waals surface area contributed by atoms with Crippen molar-refractivity contribution in [2.75, 3.05) is 27.9 Å². The van der Waals surface area contributed by atoms with Crippen LogP contribution in [0.1, 0.15) is 16.8 Å². The van der Waals surface area contributed by atoms with Crippen molar-refractivity contribution in [3.05, 3.63) is 35.9 Å². The lowest BCUT2D eigenvalue weighted by Crippen LogP contribution is -2.52. The van der Waals surface area contributed by atoms with Crippen molar-refractivity contribution in [3.8, 4) is 0 Å². The summed E-state index contributed by atoms with van der Waals surface area (Å²) >= 11 is 0. The van der Waals surface area contributed by atoms with Crippen molar-refractivity contribution in [3.63, 3.8) is 0 Å². The minimum atomic E-state index is -1.50. The highest BCUT2D eigenvalue weighted by atomic mass is 16.5. The van der Waals surface area contributed by atoms with Gasteiger partial charge in [0.15, 0.2) is 0 Å². The lowest BCUT2D eigenvalue weighted by atomic mass is 9.96. The average molecular weight is 394 g/mol. The molecule has 0 radical (unpaired) electrons. The first kappa shape index (κ1) is 22.6. The Morgan fingerprint density at radius 3 is 2.04 bits per heavy atom. The third-order valence-corrected chi connectivity index (χ3v) is 3.74. The number of esters is 3. The summed E-state index contributed by atoms with van der Waals surface area (Å²) in [7, 11) is 3.25. The number of methoxy groups -OCH3 is 3. The normalized spacial score (nSPS) is 12.1. The first-order valence-corrected chi connectivity index (χ1v) is 8.19. The second-order valence-electron chi connectivity index (χ2n) is 5.53. The number of hydrogen-bond donors (Lipinski definition) is 2. The van der Waals surface area contributed by atoms with E-state index < -0.39 is 54.6 Å². The molecule has 0 unspecified atom stereocenters. The molecule has 0 saturated heterocycles. The van der Waals surface area contributed by atoms with Crippen LogP contribution in [0.3, 0.4) is 0 Å². The van der Waals surface area contributed by atoms with Crippen LogP contribution in [-0.4, -0.2) is 63.6 Å². The van der Waals surface area contributed by atoms with Crippen LogP contribution in [0.15, 0.2) is 30.3 Å². The van der Waals surface area contributed by atoms with Crippen LogP contribution in [0.25, 0.3) is 0 Å². The van der Waals surface area contributed by atoms with Crippen LogP contribution in [0.2, 0.25) is 0 Å². The third-order valence-electron chi connectivity index (χ3n) is 3.74. The van der Waals surface area contributed by atoms with Crippen LogP contribution < -0.4 is 10.6 Å². The molecular formula is C18H22N2O8. The van der Waals surface area contributed by atoms with Gasteiger partial charge in [-0.25, -0.2) is 4.79 Å². The zero-order chi connectivity index (χ0) is 21.1. The molecule has 10 nitrogen and oxygen atoms in total. The number of carbonyl (C=O) groups excluding carboxylic acids is 5. The Morgan fingerprint density at radius 1 is 0.893 bits per heavy atom. The predicted octanol–water partition coefficient (Wildman–Crippen LogP) is -0.573. The molecule has 28 heavy (non-hydrogen) atoms. The molecule has 0 fully saturated rings. The fourth-order valence-corrected chi connectivity index (χ4v) is 2.28. The predicted molar refractivity (Wildman–Crippen MR) is 94.9 cm³/mol. The van der Waals surface area contributed by atoms with Crippen LogP contribution in [0.4, 0.5) is 0 Å². The lowest BCUT2D eigenvalue weighted by Gasteiger charge is -2.23. The molecule has 0 aliphatic carbocycles. The molecule has 0 spiro atoms. The summed E-state index contributed by atoms with van der Waals surface area (Å²) in [5, 5.41) is 4.67. The maximum absolute atomic E-state index is 12.2. The van der Waals surface area contributed by atoms with Gasteiger partial charge in [-0.15, -0.1) is 0 Å². The van der Waals surface area contributed by atoms with Crippen LogP contribution in [-0.2, 0) is 33.4 Å². The molecule has 0 aromatic heterocycles. The summed E-state index contributed by atoms with van der Waals surface area (Å²) in [6.45, 7) is -0.465. The SMILES string of the molecule is COC(=O)C[C@H](C(=O)OC)[C@@H](NC(=O)CNC(=O)c1ccccc1)C(=O)OC. The number of carbonyl (C=O) groups is 5. The van der Waals surface area contributed by atoms with E-state index >= 15 is 0 Å². The summed E-state index contributed by atoms with van der Waals surface area (Å²) in [5.41, 5.74) is 0.345. The molecule has 152 valence electrons. The molecular weight excluding hydrogens is 372 g/mol. The van der Waals surface area contributed by atoms with Gasteiger partial charge in [0.2, 0.25) is 5.91 Å². The van der Waals surface area contributed by atoms with Crippen molar-refractivity contribution in [2.24, 2.45) is 5.92 Å². The Hall–Kier alpha value is -3.43. The molecule has 0 aliphatic heterocycles. The molecule has 0 saturated carbocycles. The highest BCUT2D eigenvalue weighted by molar-refractivity contribution is 5.97. The van der Waals surface area contributed by atoms with E-state index in [4.69, 9.17) is 0 Å². The summed E-state index contributed by atoms with van der Waals surface area (Å²) in [6, 6.07) is 6.69. The number of hydrogen-bond acceptors (Lipinski definition) is 8. The molecule has 0 bridgehead atoms. The van der Waals surface area contributed by atoms with E-state index in [-0.39, 0.29) is 0 Å². The average Bonchev–Trinajstić information content (AvgIpc) is 2.73. The topological polar surface area (TPSA) is 137 Å². The van der Waals surface area contributed by atoms with Gasteiger partial charge < -0.3 is 24.8 Å². The van der Waals surface area contributed by atoms with Gasteiger partial charge in [-0.1, -0.05) is 18.2 Å². The van der Waals surface area contributed by atoms with Crippen molar-refractivity contribution < 1.29 is 38.2 Å². The van der Waals surface area contributed by atoms with E-state index in [1.165, 1.54) is 0 Å². The second kappa shape index (κ2) is 11.3. The smallest absolute Gasteiger partial charge is 0.329 e. The quantitative estimate of drug-likeness (QED) is 0.419. The molecule has 2 N–H and O–H groups in total. The van der Waals surface area contributed by atoms with Crippen molar-refractivity contribution in [1.29, 1.82) is 0 Å². The largest absolute Gasteiger partial charge is 0.469 e. The molecule has 1 aromatic rings. The van der Waals surface area contributed by atoms with E-state index in [1.807, 2.05) is 0 Å². The van der Waals surface area contributed by atoms with Crippen molar-refractivity contribution >= 4 is 29.7 Å². The second-order valence-corrected chi connectivity index (χ2v) is 5.53. The highest BCUT2D eigenvalue weighted by Gasteiger charge is 2.38. The van der Waals surface area contributed by atoms with Crippen molar-refractivity contribution in [1.82, 2.24) is 10.6 Å². The van der Waals surface area contributed by atoms with E-state index in [0.29, 0.717) is 5.56 Å². The van der Waals surface area contributed by atoms with Gasteiger partial charge in [0.05, 0.1) is 40.2 Å². The van der Waals surface area contributed by atoms with Crippen molar-refractivity contribution in [2.45, 2.75) is 12.5 Å². The van der Waals surface area contributed by atoms with E-state index in [2.05, 4.69) is 24.8 Å². The number of benzene rings is 1.